The van der Waals surface area contributed by atoms with Gasteiger partial charge in [-0.25, -0.2) is 0 Å². The van der Waals surface area contributed by atoms with Crippen molar-refractivity contribution in [3.63, 3.8) is 0 Å². The van der Waals surface area contributed by atoms with Gasteiger partial charge in [0.2, 0.25) is 5.91 Å². The summed E-state index contributed by atoms with van der Waals surface area (Å²) in [4.78, 5) is 36.5. The number of carbonyl (C=O) groups is 3. The summed E-state index contributed by atoms with van der Waals surface area (Å²) in [5.74, 6) is -0.773. The first kappa shape index (κ1) is 27.5. The van der Waals surface area contributed by atoms with Gasteiger partial charge in [0.05, 0.1) is 6.61 Å². The third-order valence-corrected chi connectivity index (χ3v) is 5.75. The maximum atomic E-state index is 12.4. The number of thiocarbonyl (C=S) groups is 1. The summed E-state index contributed by atoms with van der Waals surface area (Å²) in [5, 5.41) is 8.56. The molecule has 3 N–H and O–H groups in total. The number of hydrogen-bond donors (Lipinski definition) is 3. The van der Waals surface area contributed by atoms with Gasteiger partial charge in [-0.05, 0) is 79.9 Å². The van der Waals surface area contributed by atoms with Crippen LogP contribution in [0.4, 0.5) is 11.4 Å². The number of ether oxygens (including phenoxy) is 1. The van der Waals surface area contributed by atoms with E-state index in [0.717, 1.165) is 18.4 Å². The molecule has 0 bridgehead atoms. The fraction of sp³-hybridized carbons (Fsp3) is 0.241. The molecule has 2 amide bonds. The van der Waals surface area contributed by atoms with Crippen molar-refractivity contribution in [2.75, 3.05) is 17.2 Å². The lowest BCUT2D eigenvalue weighted by Crippen LogP contribution is -2.34. The zero-order valence-corrected chi connectivity index (χ0v) is 21.6. The average molecular weight is 518 g/mol. The second-order valence-corrected chi connectivity index (χ2v) is 8.92. The van der Waals surface area contributed by atoms with E-state index < -0.39 is 0 Å². The van der Waals surface area contributed by atoms with Crippen LogP contribution < -0.4 is 16.0 Å². The number of hydrogen-bond acceptors (Lipinski definition) is 5. The van der Waals surface area contributed by atoms with Crippen LogP contribution in [-0.4, -0.2) is 29.5 Å². The molecule has 0 aliphatic carbocycles. The molecular formula is C29H31N3O4S. The van der Waals surface area contributed by atoms with Crippen molar-refractivity contribution in [1.29, 1.82) is 0 Å². The Kier molecular flexibility index (Phi) is 10.8. The number of benzene rings is 3. The van der Waals surface area contributed by atoms with E-state index in [0.29, 0.717) is 30.0 Å². The summed E-state index contributed by atoms with van der Waals surface area (Å²) in [5.41, 5.74) is 4.03. The van der Waals surface area contributed by atoms with Gasteiger partial charge in [-0.2, -0.15) is 0 Å². The highest BCUT2D eigenvalue weighted by molar-refractivity contribution is 7.80. The summed E-state index contributed by atoms with van der Waals surface area (Å²) in [7, 11) is 0. The van der Waals surface area contributed by atoms with E-state index in [9.17, 15) is 14.4 Å². The quantitative estimate of drug-likeness (QED) is 0.179. The highest BCUT2D eigenvalue weighted by atomic mass is 32.1. The summed E-state index contributed by atoms with van der Waals surface area (Å²) in [6.45, 7) is 2.25. The molecular weight excluding hydrogens is 486 g/mol. The van der Waals surface area contributed by atoms with Gasteiger partial charge in [-0.1, -0.05) is 48.5 Å². The largest absolute Gasteiger partial charge is 0.466 e. The van der Waals surface area contributed by atoms with Gasteiger partial charge < -0.3 is 20.7 Å². The minimum absolute atomic E-state index is 0.158. The van der Waals surface area contributed by atoms with Gasteiger partial charge in [-0.3, -0.25) is 14.4 Å². The number of carbonyl (C=O) groups excluding carboxylic acids is 3. The predicted molar refractivity (Wildman–Crippen MR) is 150 cm³/mol. The third-order valence-electron chi connectivity index (χ3n) is 5.54. The molecule has 0 aliphatic heterocycles. The molecule has 0 spiro atoms. The molecule has 8 heteroatoms. The first-order chi connectivity index (χ1) is 17.9. The summed E-state index contributed by atoms with van der Waals surface area (Å²) in [6, 6.07) is 24.4. The number of anilines is 2. The number of amides is 2. The standard InChI is InChI=1S/C29H31N3O4S/c1-21-9-5-6-13-25(21)28(35)30-23-16-18-24(19-17-23)31-29(37)32-26(33)14-7-15-27(34)36-20-8-12-22-10-3-2-4-11-22/h2-6,9-11,13,16-19H,7-8,12,14-15,20H2,1H3,(H,30,35)(H2,31,32,33,37). The third kappa shape index (κ3) is 9.85. The van der Waals surface area contributed by atoms with Gasteiger partial charge in [0.1, 0.15) is 0 Å². The molecule has 3 aromatic carbocycles. The van der Waals surface area contributed by atoms with E-state index in [2.05, 4.69) is 16.0 Å². The van der Waals surface area contributed by atoms with Gasteiger partial charge in [0.15, 0.2) is 5.11 Å². The Labute approximate surface area is 222 Å². The molecule has 0 saturated carbocycles. The van der Waals surface area contributed by atoms with E-state index in [4.69, 9.17) is 17.0 Å². The minimum atomic E-state index is -0.309. The molecule has 0 fully saturated rings. The molecule has 0 atom stereocenters. The fourth-order valence-corrected chi connectivity index (χ4v) is 3.82. The molecule has 37 heavy (non-hydrogen) atoms. The first-order valence-electron chi connectivity index (χ1n) is 12.2. The molecule has 0 unspecified atom stereocenters. The topological polar surface area (TPSA) is 96.5 Å². The Morgan fingerprint density at radius 2 is 1.43 bits per heavy atom. The van der Waals surface area contributed by atoms with Gasteiger partial charge in [0.25, 0.3) is 5.91 Å². The molecule has 0 radical (unpaired) electrons. The minimum Gasteiger partial charge on any atom is -0.466 e. The molecule has 0 aromatic heterocycles. The van der Waals surface area contributed by atoms with Crippen LogP contribution in [0.15, 0.2) is 78.9 Å². The van der Waals surface area contributed by atoms with Crippen LogP contribution in [0.5, 0.6) is 0 Å². The van der Waals surface area contributed by atoms with Crippen LogP contribution in [-0.2, 0) is 20.7 Å². The van der Waals surface area contributed by atoms with Crippen molar-refractivity contribution in [2.24, 2.45) is 0 Å². The lowest BCUT2D eigenvalue weighted by atomic mass is 10.1. The Hall–Kier alpha value is -4.04. The first-order valence-corrected chi connectivity index (χ1v) is 12.6. The highest BCUT2D eigenvalue weighted by Gasteiger charge is 2.10. The summed E-state index contributed by atoms with van der Waals surface area (Å²) in [6.07, 6.45) is 2.32. The van der Waals surface area contributed by atoms with Crippen LogP contribution in [0.3, 0.4) is 0 Å². The van der Waals surface area contributed by atoms with Crippen molar-refractivity contribution in [3.05, 3.63) is 95.6 Å². The second-order valence-electron chi connectivity index (χ2n) is 8.51. The predicted octanol–water partition coefficient (Wildman–Crippen LogP) is 5.41. The Bertz CT molecular complexity index is 1210. The summed E-state index contributed by atoms with van der Waals surface area (Å²) < 4.78 is 5.24. The number of rotatable bonds is 11. The molecule has 3 rings (SSSR count). The van der Waals surface area contributed by atoms with E-state index in [1.807, 2.05) is 55.5 Å². The molecule has 0 saturated heterocycles. The molecule has 0 aliphatic rings. The van der Waals surface area contributed by atoms with Crippen LogP contribution in [0.2, 0.25) is 0 Å². The van der Waals surface area contributed by atoms with Crippen molar-refractivity contribution >= 4 is 46.5 Å². The Morgan fingerprint density at radius 3 is 2.14 bits per heavy atom. The Morgan fingerprint density at radius 1 is 0.784 bits per heavy atom. The lowest BCUT2D eigenvalue weighted by molar-refractivity contribution is -0.143. The SMILES string of the molecule is Cc1ccccc1C(=O)Nc1ccc(NC(=S)NC(=O)CCCC(=O)OCCCc2ccccc2)cc1. The van der Waals surface area contributed by atoms with Crippen LogP contribution >= 0.6 is 12.2 Å². The smallest absolute Gasteiger partial charge is 0.305 e. The second kappa shape index (κ2) is 14.5. The lowest BCUT2D eigenvalue weighted by Gasteiger charge is -2.11. The Balaban J connectivity index is 1.30. The molecule has 0 heterocycles. The van der Waals surface area contributed by atoms with Gasteiger partial charge in [0, 0.05) is 29.8 Å². The zero-order valence-electron chi connectivity index (χ0n) is 20.8. The number of aryl methyl sites for hydroxylation is 2. The number of nitrogens with one attached hydrogen (secondary N) is 3. The van der Waals surface area contributed by atoms with Crippen LogP contribution in [0.25, 0.3) is 0 Å². The zero-order chi connectivity index (χ0) is 26.5. The van der Waals surface area contributed by atoms with E-state index in [-0.39, 0.29) is 35.7 Å². The number of esters is 1. The van der Waals surface area contributed by atoms with Gasteiger partial charge in [-0.15, -0.1) is 0 Å². The molecule has 3 aromatic rings. The molecule has 7 nitrogen and oxygen atoms in total. The normalized spacial score (nSPS) is 10.3. The monoisotopic (exact) mass is 517 g/mol. The van der Waals surface area contributed by atoms with Crippen molar-refractivity contribution in [2.45, 2.75) is 39.0 Å². The van der Waals surface area contributed by atoms with Crippen molar-refractivity contribution in [1.82, 2.24) is 5.32 Å². The maximum absolute atomic E-state index is 12.4. The highest BCUT2D eigenvalue weighted by Crippen LogP contribution is 2.16. The van der Waals surface area contributed by atoms with Gasteiger partial charge >= 0.3 is 5.97 Å². The van der Waals surface area contributed by atoms with E-state index in [1.54, 1.807) is 30.3 Å². The van der Waals surface area contributed by atoms with E-state index in [1.165, 1.54) is 5.56 Å². The summed E-state index contributed by atoms with van der Waals surface area (Å²) >= 11 is 5.20. The fourth-order valence-electron chi connectivity index (χ4n) is 3.59. The molecule has 192 valence electrons. The maximum Gasteiger partial charge on any atom is 0.305 e. The van der Waals surface area contributed by atoms with Crippen LogP contribution in [0.1, 0.15) is 47.2 Å². The van der Waals surface area contributed by atoms with Crippen molar-refractivity contribution < 1.29 is 19.1 Å². The average Bonchev–Trinajstić information content (AvgIpc) is 2.88. The van der Waals surface area contributed by atoms with E-state index >= 15 is 0 Å². The van der Waals surface area contributed by atoms with Crippen LogP contribution in [0, 0.1) is 6.92 Å². The van der Waals surface area contributed by atoms with Crippen molar-refractivity contribution in [3.8, 4) is 0 Å².